The Bertz CT molecular complexity index is 1610. The molecule has 5 rings (SSSR count). The summed E-state index contributed by atoms with van der Waals surface area (Å²) in [5.74, 6) is 1.10. The van der Waals surface area contributed by atoms with E-state index in [1.54, 1.807) is 24.4 Å². The molecule has 208 valence electrons. The molecule has 2 N–H and O–H groups in total. The molecule has 0 spiro atoms. The molecule has 2 aromatic carbocycles. The van der Waals surface area contributed by atoms with Gasteiger partial charge < -0.3 is 20.1 Å². The lowest BCUT2D eigenvalue weighted by Crippen LogP contribution is -2.18. The molecule has 0 bridgehead atoms. The van der Waals surface area contributed by atoms with Crippen LogP contribution >= 0.6 is 11.6 Å². The van der Waals surface area contributed by atoms with Gasteiger partial charge in [-0.15, -0.1) is 0 Å². The van der Waals surface area contributed by atoms with Gasteiger partial charge in [-0.3, -0.25) is 14.8 Å². The van der Waals surface area contributed by atoms with Crippen LogP contribution in [0, 0.1) is 11.3 Å². The molecule has 9 heteroatoms. The Morgan fingerprint density at radius 1 is 1.20 bits per heavy atom. The summed E-state index contributed by atoms with van der Waals surface area (Å²) in [6.45, 7) is 3.60. The maximum Gasteiger partial charge on any atom is 0.159 e. The molecular formula is C32H30ClN5O3. The number of hydrogen-bond donors (Lipinski definition) is 2. The smallest absolute Gasteiger partial charge is 0.159 e. The second kappa shape index (κ2) is 13.3. The van der Waals surface area contributed by atoms with Crippen molar-refractivity contribution in [2.24, 2.45) is 0 Å². The average Bonchev–Trinajstić information content (AvgIpc) is 3.51. The molecule has 8 nitrogen and oxygen atoms in total. The first-order valence-electron chi connectivity index (χ1n) is 13.6. The zero-order chi connectivity index (χ0) is 28.6. The van der Waals surface area contributed by atoms with Gasteiger partial charge in [0.15, 0.2) is 5.78 Å². The quantitative estimate of drug-likeness (QED) is 0.203. The molecule has 3 heterocycles. The summed E-state index contributed by atoms with van der Waals surface area (Å²) in [4.78, 5) is 21.6. The van der Waals surface area contributed by atoms with Crippen molar-refractivity contribution in [3.8, 4) is 17.6 Å². The van der Waals surface area contributed by atoms with E-state index in [1.807, 2.05) is 49.4 Å². The van der Waals surface area contributed by atoms with Crippen LogP contribution in [-0.4, -0.2) is 34.9 Å². The zero-order valence-electron chi connectivity index (χ0n) is 22.7. The standard InChI is InChI=1S/C32H30ClN5O3/c1-2-40-31-17-29-27(15-21(31)14-26(39)10-8-23-7-5-13-35-23)32(22(18-34)19-37-29)38-24-9-11-30(28(33)16-24)41-20-25-6-3-4-12-36-25/h3-4,6,8-12,15-17,19,23,35H,2,5,7,13-14,20H2,1H3,(H,37,38)/b10-8+/t23-/m0/s1. The van der Waals surface area contributed by atoms with Crippen molar-refractivity contribution in [1.82, 2.24) is 15.3 Å². The Balaban J connectivity index is 1.42. The number of pyridine rings is 2. The number of nitriles is 1. The number of allylic oxidation sites excluding steroid dienone is 1. The number of nitrogens with zero attached hydrogens (tertiary/aromatic N) is 3. The van der Waals surface area contributed by atoms with Crippen LogP contribution in [0.1, 0.15) is 36.6 Å². The summed E-state index contributed by atoms with van der Waals surface area (Å²) >= 11 is 6.54. The minimum Gasteiger partial charge on any atom is -0.494 e. The lowest BCUT2D eigenvalue weighted by molar-refractivity contribution is -0.114. The van der Waals surface area contributed by atoms with Crippen LogP contribution in [-0.2, 0) is 17.8 Å². The van der Waals surface area contributed by atoms with E-state index in [-0.39, 0.29) is 24.9 Å². The third-order valence-electron chi connectivity index (χ3n) is 6.75. The number of ketones is 1. The molecule has 0 radical (unpaired) electrons. The number of halogens is 1. The zero-order valence-corrected chi connectivity index (χ0v) is 23.4. The first kappa shape index (κ1) is 28.1. The maximum absolute atomic E-state index is 12.9. The third-order valence-corrected chi connectivity index (χ3v) is 7.05. The topological polar surface area (TPSA) is 109 Å². The summed E-state index contributed by atoms with van der Waals surface area (Å²) in [5.41, 5.74) is 3.75. The Hall–Kier alpha value is -4.45. The van der Waals surface area contributed by atoms with E-state index in [9.17, 15) is 10.1 Å². The number of carbonyl (C=O) groups excluding carboxylic acids is 1. The Morgan fingerprint density at radius 2 is 2.10 bits per heavy atom. The van der Waals surface area contributed by atoms with E-state index >= 15 is 0 Å². The molecule has 1 fully saturated rings. The van der Waals surface area contributed by atoms with Gasteiger partial charge in [0.2, 0.25) is 0 Å². The van der Waals surface area contributed by atoms with Crippen molar-refractivity contribution >= 4 is 39.7 Å². The Morgan fingerprint density at radius 3 is 2.83 bits per heavy atom. The van der Waals surface area contributed by atoms with Crippen molar-refractivity contribution < 1.29 is 14.3 Å². The predicted molar refractivity (Wildman–Crippen MR) is 160 cm³/mol. The monoisotopic (exact) mass is 567 g/mol. The molecule has 41 heavy (non-hydrogen) atoms. The molecule has 1 saturated heterocycles. The molecule has 1 atom stereocenters. The summed E-state index contributed by atoms with van der Waals surface area (Å²) in [6.07, 6.45) is 9.12. The molecule has 0 amide bonds. The van der Waals surface area contributed by atoms with Crippen molar-refractivity contribution in [1.29, 1.82) is 5.26 Å². The maximum atomic E-state index is 12.9. The minimum absolute atomic E-state index is 0.0222. The Kier molecular flexibility index (Phi) is 9.09. The van der Waals surface area contributed by atoms with Gasteiger partial charge in [0.1, 0.15) is 24.2 Å². The van der Waals surface area contributed by atoms with Gasteiger partial charge in [0.25, 0.3) is 0 Å². The van der Waals surface area contributed by atoms with Crippen LogP contribution < -0.4 is 20.1 Å². The van der Waals surface area contributed by atoms with E-state index in [1.165, 1.54) is 6.20 Å². The number of hydrogen-bond acceptors (Lipinski definition) is 8. The minimum atomic E-state index is -0.0222. The SMILES string of the molecule is CCOc1cc2ncc(C#N)c(Nc3ccc(OCc4ccccn4)c(Cl)c3)c2cc1CC(=O)/C=C/[C@@H]1CCCN1. The highest BCUT2D eigenvalue weighted by Gasteiger charge is 2.17. The summed E-state index contributed by atoms with van der Waals surface area (Å²) < 4.78 is 11.7. The average molecular weight is 568 g/mol. The van der Waals surface area contributed by atoms with Crippen LogP contribution in [0.2, 0.25) is 5.02 Å². The number of nitrogens with one attached hydrogen (secondary N) is 2. The first-order chi connectivity index (χ1) is 20.0. The number of benzene rings is 2. The fourth-order valence-corrected chi connectivity index (χ4v) is 4.97. The van der Waals surface area contributed by atoms with E-state index < -0.39 is 0 Å². The van der Waals surface area contributed by atoms with Crippen molar-refractivity contribution in [2.45, 2.75) is 38.8 Å². The second-order valence-corrected chi connectivity index (χ2v) is 10.1. The van der Waals surface area contributed by atoms with E-state index in [2.05, 4.69) is 26.7 Å². The van der Waals surface area contributed by atoms with Crippen LogP contribution in [0.4, 0.5) is 11.4 Å². The van der Waals surface area contributed by atoms with Crippen molar-refractivity contribution in [3.63, 3.8) is 0 Å². The van der Waals surface area contributed by atoms with Gasteiger partial charge in [-0.05, 0) is 68.8 Å². The highest BCUT2D eigenvalue weighted by Crippen LogP contribution is 2.36. The highest BCUT2D eigenvalue weighted by molar-refractivity contribution is 6.32. The molecule has 0 aliphatic carbocycles. The van der Waals surface area contributed by atoms with Gasteiger partial charge in [0.05, 0.1) is 34.1 Å². The fraction of sp³-hybridized carbons (Fsp3) is 0.250. The second-order valence-electron chi connectivity index (χ2n) is 9.65. The number of fused-ring (bicyclic) bond motifs is 1. The summed E-state index contributed by atoms with van der Waals surface area (Å²) in [6, 6.07) is 17.1. The molecule has 1 aliphatic heterocycles. The van der Waals surface area contributed by atoms with Crippen LogP contribution in [0.15, 0.2) is 73.1 Å². The van der Waals surface area contributed by atoms with Crippen LogP contribution in [0.25, 0.3) is 10.9 Å². The summed E-state index contributed by atoms with van der Waals surface area (Å²) in [5, 5.41) is 17.7. The van der Waals surface area contributed by atoms with Gasteiger partial charge in [0, 0.05) is 47.6 Å². The largest absolute Gasteiger partial charge is 0.494 e. The first-order valence-corrected chi connectivity index (χ1v) is 13.9. The molecule has 0 saturated carbocycles. The van der Waals surface area contributed by atoms with E-state index in [0.29, 0.717) is 51.0 Å². The third kappa shape index (κ3) is 7.01. The number of ether oxygens (including phenoxy) is 2. The van der Waals surface area contributed by atoms with Crippen LogP contribution in [0.5, 0.6) is 11.5 Å². The lowest BCUT2D eigenvalue weighted by Gasteiger charge is -2.16. The number of carbonyl (C=O) groups is 1. The fourth-order valence-electron chi connectivity index (χ4n) is 4.73. The molecule has 1 aliphatic rings. The number of rotatable bonds is 11. The molecule has 2 aromatic heterocycles. The van der Waals surface area contributed by atoms with Gasteiger partial charge in [-0.25, -0.2) is 0 Å². The lowest BCUT2D eigenvalue weighted by atomic mass is 10.0. The van der Waals surface area contributed by atoms with Crippen LogP contribution in [0.3, 0.4) is 0 Å². The number of aromatic nitrogens is 2. The molecule has 0 unspecified atom stereocenters. The highest BCUT2D eigenvalue weighted by atomic mass is 35.5. The van der Waals surface area contributed by atoms with Gasteiger partial charge >= 0.3 is 0 Å². The van der Waals surface area contributed by atoms with E-state index in [0.717, 1.165) is 30.6 Å². The van der Waals surface area contributed by atoms with E-state index in [4.69, 9.17) is 21.1 Å². The summed E-state index contributed by atoms with van der Waals surface area (Å²) in [7, 11) is 0. The van der Waals surface area contributed by atoms with Crippen molar-refractivity contribution in [2.75, 3.05) is 18.5 Å². The normalized spacial score (nSPS) is 14.7. The Labute approximate surface area is 244 Å². The van der Waals surface area contributed by atoms with Gasteiger partial charge in [-0.2, -0.15) is 5.26 Å². The molecular weight excluding hydrogens is 538 g/mol. The predicted octanol–water partition coefficient (Wildman–Crippen LogP) is 6.30. The van der Waals surface area contributed by atoms with Crippen molar-refractivity contribution in [3.05, 3.63) is 94.9 Å². The van der Waals surface area contributed by atoms with Gasteiger partial charge in [-0.1, -0.05) is 23.7 Å². The number of anilines is 2. The molecule has 4 aromatic rings.